The second kappa shape index (κ2) is 8.40. The van der Waals surface area contributed by atoms with Gasteiger partial charge in [0.25, 0.3) is 10.0 Å². The first-order valence-corrected chi connectivity index (χ1v) is 11.5. The van der Waals surface area contributed by atoms with E-state index in [1.807, 2.05) is 0 Å². The number of thioether (sulfide) groups is 1. The average Bonchev–Trinajstić information content (AvgIpc) is 2.61. The summed E-state index contributed by atoms with van der Waals surface area (Å²) < 4.78 is 50.3. The second-order valence-corrected chi connectivity index (χ2v) is 9.01. The van der Waals surface area contributed by atoms with E-state index >= 15 is 0 Å². The Hall–Kier alpha value is -2.59. The van der Waals surface area contributed by atoms with Gasteiger partial charge < -0.3 is 0 Å². The Morgan fingerprint density at radius 2 is 1.74 bits per heavy atom. The molecule has 0 bridgehead atoms. The quantitative estimate of drug-likeness (QED) is 0.284. The Labute approximate surface area is 161 Å². The molecule has 0 aliphatic rings. The minimum atomic E-state index is -4.02. The molecule has 0 aromatic heterocycles. The van der Waals surface area contributed by atoms with Crippen LogP contribution in [0.5, 0.6) is 0 Å². The molecule has 0 aliphatic carbocycles. The number of aliphatic imine (C=N–C) groups is 1. The molecule has 12 heteroatoms. The van der Waals surface area contributed by atoms with Gasteiger partial charge in [-0.3, -0.25) is 10.0 Å². The third kappa shape index (κ3) is 5.44. The number of para-hydroxylation sites is 1. The first kappa shape index (κ1) is 20.7. The van der Waals surface area contributed by atoms with Crippen molar-refractivity contribution in [3.05, 3.63) is 48.5 Å². The Balaban J connectivity index is 2.39. The van der Waals surface area contributed by atoms with Gasteiger partial charge in [-0.1, -0.05) is 23.9 Å². The van der Waals surface area contributed by atoms with Crippen molar-refractivity contribution in [1.82, 2.24) is 5.32 Å². The number of primary sulfonamides is 1. The number of amidine groups is 1. The number of anilines is 1. The number of nitrogens with two attached hydrogens (primary N) is 1. The van der Waals surface area contributed by atoms with Crippen molar-refractivity contribution in [2.45, 2.75) is 9.79 Å². The Kier molecular flexibility index (Phi) is 6.45. The lowest BCUT2D eigenvalue weighted by Gasteiger charge is -2.11. The summed E-state index contributed by atoms with van der Waals surface area (Å²) in [5.74, 6) is 0. The van der Waals surface area contributed by atoms with Crippen LogP contribution in [-0.4, -0.2) is 28.3 Å². The van der Waals surface area contributed by atoms with Crippen LogP contribution in [0.25, 0.3) is 0 Å². The summed E-state index contributed by atoms with van der Waals surface area (Å²) in [5.41, 5.74) is 0.291. The van der Waals surface area contributed by atoms with Crippen molar-refractivity contribution in [2.24, 2.45) is 10.1 Å². The first-order chi connectivity index (χ1) is 12.7. The van der Waals surface area contributed by atoms with Crippen molar-refractivity contribution < 1.29 is 16.8 Å². The molecule has 9 nitrogen and oxygen atoms in total. The molecule has 2 rings (SSSR count). The monoisotopic (exact) mass is 425 g/mol. The van der Waals surface area contributed by atoms with E-state index in [4.69, 9.17) is 10.4 Å². The van der Waals surface area contributed by atoms with Crippen LogP contribution in [0.4, 0.5) is 11.4 Å². The summed E-state index contributed by atoms with van der Waals surface area (Å²) in [4.78, 5) is 3.91. The number of benzene rings is 2. The number of nitrogens with zero attached hydrogens (tertiary/aromatic N) is 2. The fourth-order valence-electron chi connectivity index (χ4n) is 1.98. The summed E-state index contributed by atoms with van der Waals surface area (Å²) in [6.45, 7) is 0. The zero-order chi connectivity index (χ0) is 20.1. The largest absolute Gasteiger partial charge is 0.280 e. The predicted octanol–water partition coefficient (Wildman–Crippen LogP) is 1.56. The van der Waals surface area contributed by atoms with Gasteiger partial charge in [-0.2, -0.15) is 5.26 Å². The smallest absolute Gasteiger partial charge is 0.264 e. The van der Waals surface area contributed by atoms with Gasteiger partial charge in [-0.05, 0) is 42.7 Å². The summed E-state index contributed by atoms with van der Waals surface area (Å²) in [7, 11) is -7.89. The first-order valence-electron chi connectivity index (χ1n) is 7.20. The van der Waals surface area contributed by atoms with Gasteiger partial charge in [-0.15, -0.1) is 0 Å². The van der Waals surface area contributed by atoms with E-state index in [2.05, 4.69) is 15.0 Å². The van der Waals surface area contributed by atoms with Crippen LogP contribution >= 0.6 is 11.8 Å². The van der Waals surface area contributed by atoms with Gasteiger partial charge in [0.2, 0.25) is 10.0 Å². The molecule has 2 aromatic carbocycles. The minimum Gasteiger partial charge on any atom is -0.280 e. The van der Waals surface area contributed by atoms with E-state index < -0.39 is 20.0 Å². The van der Waals surface area contributed by atoms with E-state index in [-0.39, 0.29) is 26.3 Å². The molecule has 0 unspecified atom stereocenters. The molecule has 0 spiro atoms. The number of rotatable bonds is 5. The van der Waals surface area contributed by atoms with Crippen molar-refractivity contribution in [1.29, 1.82) is 5.26 Å². The molecule has 0 heterocycles. The van der Waals surface area contributed by atoms with Gasteiger partial charge in [0.1, 0.15) is 4.90 Å². The van der Waals surface area contributed by atoms with Gasteiger partial charge in [0, 0.05) is 5.69 Å². The number of nitrogens with one attached hydrogen (secondary N) is 2. The zero-order valence-electron chi connectivity index (χ0n) is 13.9. The SMILES string of the molecule is CSC(=Nc1ccccc1S(=O)(=O)Nc1ccc(S(N)(=O)=O)cc1)NC#N. The van der Waals surface area contributed by atoms with Crippen LogP contribution in [0.2, 0.25) is 0 Å². The maximum absolute atomic E-state index is 12.7. The number of hydrogen-bond acceptors (Lipinski definition) is 7. The topological polar surface area (TPSA) is 155 Å². The summed E-state index contributed by atoms with van der Waals surface area (Å²) in [5, 5.41) is 16.3. The van der Waals surface area contributed by atoms with Gasteiger partial charge >= 0.3 is 0 Å². The Bertz CT molecular complexity index is 1100. The zero-order valence-corrected chi connectivity index (χ0v) is 16.4. The maximum atomic E-state index is 12.7. The molecule has 0 radical (unpaired) electrons. The number of hydrogen-bond donors (Lipinski definition) is 3. The summed E-state index contributed by atoms with van der Waals surface area (Å²) in [6, 6.07) is 11.0. The molecule has 0 amide bonds. The van der Waals surface area contributed by atoms with Crippen LogP contribution in [0, 0.1) is 11.5 Å². The van der Waals surface area contributed by atoms with Crippen molar-refractivity contribution in [2.75, 3.05) is 11.0 Å². The third-order valence-corrected chi connectivity index (χ3v) is 6.11. The van der Waals surface area contributed by atoms with E-state index in [0.29, 0.717) is 0 Å². The normalized spacial score (nSPS) is 12.3. The maximum Gasteiger partial charge on any atom is 0.264 e. The van der Waals surface area contributed by atoms with E-state index in [0.717, 1.165) is 11.8 Å². The average molecular weight is 426 g/mol. The van der Waals surface area contributed by atoms with Crippen molar-refractivity contribution in [3.8, 4) is 6.19 Å². The molecule has 0 aliphatic heterocycles. The summed E-state index contributed by atoms with van der Waals surface area (Å²) in [6.07, 6.45) is 3.41. The lowest BCUT2D eigenvalue weighted by molar-refractivity contribution is 0.597. The lowest BCUT2D eigenvalue weighted by Crippen LogP contribution is -2.15. The highest BCUT2D eigenvalue weighted by molar-refractivity contribution is 8.13. The molecular formula is C15H15N5O4S3. The molecule has 0 saturated carbocycles. The highest BCUT2D eigenvalue weighted by Crippen LogP contribution is 2.27. The van der Waals surface area contributed by atoms with Crippen LogP contribution in [0.1, 0.15) is 0 Å². The minimum absolute atomic E-state index is 0.105. The van der Waals surface area contributed by atoms with Crippen LogP contribution in [-0.2, 0) is 20.0 Å². The second-order valence-electron chi connectivity index (χ2n) is 5.00. The van der Waals surface area contributed by atoms with Crippen molar-refractivity contribution >= 4 is 48.4 Å². The Morgan fingerprint density at radius 1 is 1.11 bits per heavy atom. The van der Waals surface area contributed by atoms with E-state index in [1.165, 1.54) is 42.5 Å². The Morgan fingerprint density at radius 3 is 2.30 bits per heavy atom. The highest BCUT2D eigenvalue weighted by atomic mass is 32.2. The summed E-state index contributed by atoms with van der Waals surface area (Å²) >= 11 is 1.15. The van der Waals surface area contributed by atoms with Gasteiger partial charge in [0.05, 0.1) is 10.6 Å². The molecule has 0 saturated heterocycles. The van der Waals surface area contributed by atoms with E-state index in [9.17, 15) is 16.8 Å². The van der Waals surface area contributed by atoms with E-state index in [1.54, 1.807) is 18.5 Å². The molecule has 0 fully saturated rings. The molecule has 2 aromatic rings. The predicted molar refractivity (Wildman–Crippen MR) is 104 cm³/mol. The molecule has 27 heavy (non-hydrogen) atoms. The molecular weight excluding hydrogens is 410 g/mol. The van der Waals surface area contributed by atoms with Gasteiger partial charge in [-0.25, -0.2) is 27.0 Å². The fraction of sp³-hybridized carbons (Fsp3) is 0.0667. The fourth-order valence-corrected chi connectivity index (χ4v) is 4.04. The third-order valence-electron chi connectivity index (χ3n) is 3.17. The van der Waals surface area contributed by atoms with Crippen LogP contribution in [0.3, 0.4) is 0 Å². The molecule has 4 N–H and O–H groups in total. The standard InChI is InChI=1S/C15H15N5O4S3/c1-25-15(18-10-16)19-13-4-2-3-5-14(13)27(23,24)20-11-6-8-12(9-7-11)26(17,21)22/h2-9,20H,1H3,(H,18,19)(H2,17,21,22). The van der Waals surface area contributed by atoms with Crippen LogP contribution < -0.4 is 15.2 Å². The van der Waals surface area contributed by atoms with Crippen molar-refractivity contribution in [3.63, 3.8) is 0 Å². The number of nitriles is 1. The highest BCUT2D eigenvalue weighted by Gasteiger charge is 2.19. The van der Waals surface area contributed by atoms with Gasteiger partial charge in [0.15, 0.2) is 11.4 Å². The molecule has 0 atom stereocenters. The number of sulfonamides is 2. The molecule has 142 valence electrons. The van der Waals surface area contributed by atoms with Crippen LogP contribution in [0.15, 0.2) is 63.3 Å². The lowest BCUT2D eigenvalue weighted by atomic mass is 10.3.